The van der Waals surface area contributed by atoms with Crippen molar-refractivity contribution in [3.8, 4) is 17.9 Å². The molecule has 0 radical (unpaired) electrons. The average Bonchev–Trinajstić information content (AvgIpc) is 2.49. The normalized spacial score (nSPS) is 11.1. The van der Waals surface area contributed by atoms with Gasteiger partial charge in [-0.1, -0.05) is 0 Å². The van der Waals surface area contributed by atoms with E-state index < -0.39 is 34.4 Å². The van der Waals surface area contributed by atoms with Crippen LogP contribution < -0.4 is 0 Å². The molecule has 1 aromatic carbocycles. The summed E-state index contributed by atoms with van der Waals surface area (Å²) in [4.78, 5) is 13.1. The average molecular weight is 289 g/mol. The lowest BCUT2D eigenvalue weighted by atomic mass is 10.0. The zero-order valence-corrected chi connectivity index (χ0v) is 11.4. The number of hydrogen-bond donors (Lipinski definition) is 2. The van der Waals surface area contributed by atoms with Crippen molar-refractivity contribution in [2.75, 3.05) is 13.6 Å². The maximum Gasteiger partial charge on any atom is 0.268 e. The minimum atomic E-state index is -1.14. The van der Waals surface area contributed by atoms with E-state index in [0.717, 1.165) is 12.1 Å². The van der Waals surface area contributed by atoms with E-state index in [0.29, 0.717) is 6.54 Å². The molecule has 6 nitrogen and oxygen atoms in total. The zero-order chi connectivity index (χ0) is 16.2. The number of phenolic OH excluding ortho intramolecular Hbond substituents is 1. The fourth-order valence-corrected chi connectivity index (χ4v) is 1.50. The predicted molar refractivity (Wildman–Crippen MR) is 71.3 cm³/mol. The van der Waals surface area contributed by atoms with E-state index in [9.17, 15) is 19.4 Å². The topological polar surface area (TPSA) is 108 Å². The maximum atomic E-state index is 13.5. The number of rotatable bonds is 3. The van der Waals surface area contributed by atoms with Crippen LogP contribution in [0.15, 0.2) is 17.7 Å². The van der Waals surface area contributed by atoms with Crippen molar-refractivity contribution in [1.82, 2.24) is 4.90 Å². The molecule has 0 saturated heterocycles. The lowest BCUT2D eigenvalue weighted by Gasteiger charge is -2.14. The van der Waals surface area contributed by atoms with Gasteiger partial charge in [-0.3, -0.25) is 4.79 Å². The minimum Gasteiger partial charge on any atom is -0.506 e. The monoisotopic (exact) mass is 289 g/mol. The number of likely N-dealkylation sites (N-methyl/N-ethyl adjacent to an activating group) is 1. The second-order valence-electron chi connectivity index (χ2n) is 4.12. The molecule has 0 spiro atoms. The maximum absolute atomic E-state index is 13.5. The molecule has 0 aromatic heterocycles. The van der Waals surface area contributed by atoms with Crippen molar-refractivity contribution in [3.05, 3.63) is 34.6 Å². The molecule has 2 N–H and O–H groups in total. The van der Waals surface area contributed by atoms with Gasteiger partial charge in [0, 0.05) is 19.2 Å². The van der Waals surface area contributed by atoms with Crippen LogP contribution in [0.2, 0.25) is 0 Å². The number of phenols is 1. The molecule has 0 saturated carbocycles. The molecule has 0 atom stereocenters. The smallest absolute Gasteiger partial charge is 0.268 e. The Bertz CT molecular complexity index is 699. The minimum absolute atomic E-state index is 0.240. The van der Waals surface area contributed by atoms with Gasteiger partial charge < -0.3 is 15.1 Å². The number of aliphatic hydroxyl groups excluding tert-OH is 1. The number of benzene rings is 1. The summed E-state index contributed by atoms with van der Waals surface area (Å²) in [6.07, 6.45) is 0. The molecule has 1 aromatic rings. The quantitative estimate of drug-likeness (QED) is 0.500. The Morgan fingerprint density at radius 2 is 2.05 bits per heavy atom. The third kappa shape index (κ3) is 3.10. The third-order valence-corrected chi connectivity index (χ3v) is 2.84. The summed E-state index contributed by atoms with van der Waals surface area (Å²) in [7, 11) is 1.44. The Kier molecular flexibility index (Phi) is 4.87. The molecule has 21 heavy (non-hydrogen) atoms. The molecular weight excluding hydrogens is 277 g/mol. The van der Waals surface area contributed by atoms with Gasteiger partial charge in [0.05, 0.1) is 5.56 Å². The van der Waals surface area contributed by atoms with Gasteiger partial charge in [0.15, 0.2) is 17.1 Å². The number of halogens is 1. The van der Waals surface area contributed by atoms with E-state index in [-0.39, 0.29) is 5.56 Å². The highest BCUT2D eigenvalue weighted by atomic mass is 19.1. The Labute approximate surface area is 120 Å². The summed E-state index contributed by atoms with van der Waals surface area (Å²) >= 11 is 0. The lowest BCUT2D eigenvalue weighted by Crippen LogP contribution is -2.28. The highest BCUT2D eigenvalue weighted by Gasteiger charge is 2.21. The van der Waals surface area contributed by atoms with E-state index in [4.69, 9.17) is 10.5 Å². The first-order valence-corrected chi connectivity index (χ1v) is 5.89. The summed E-state index contributed by atoms with van der Waals surface area (Å²) in [5, 5.41) is 37.0. The second kappa shape index (κ2) is 6.40. The fourth-order valence-electron chi connectivity index (χ4n) is 1.50. The number of nitriles is 2. The molecule has 1 rings (SSSR count). The second-order valence-corrected chi connectivity index (χ2v) is 4.12. The zero-order valence-electron chi connectivity index (χ0n) is 11.4. The van der Waals surface area contributed by atoms with Gasteiger partial charge in [-0.05, 0) is 19.1 Å². The van der Waals surface area contributed by atoms with Crippen LogP contribution in [0.4, 0.5) is 4.39 Å². The summed E-state index contributed by atoms with van der Waals surface area (Å²) in [6, 6.07) is 4.84. The predicted octanol–water partition coefficient (Wildman–Crippen LogP) is 1.67. The van der Waals surface area contributed by atoms with E-state index in [1.807, 2.05) is 0 Å². The van der Waals surface area contributed by atoms with Crippen LogP contribution in [0, 0.1) is 28.5 Å². The van der Waals surface area contributed by atoms with E-state index in [1.165, 1.54) is 11.9 Å². The Morgan fingerprint density at radius 3 is 2.52 bits per heavy atom. The number of carbonyl (C=O) groups is 1. The molecule has 0 aliphatic carbocycles. The van der Waals surface area contributed by atoms with Gasteiger partial charge >= 0.3 is 0 Å². The molecule has 0 bridgehead atoms. The number of nitrogens with zero attached hydrogens (tertiary/aromatic N) is 3. The largest absolute Gasteiger partial charge is 0.506 e. The van der Waals surface area contributed by atoms with Crippen molar-refractivity contribution in [2.24, 2.45) is 0 Å². The van der Waals surface area contributed by atoms with Crippen molar-refractivity contribution in [3.63, 3.8) is 0 Å². The molecule has 0 aliphatic heterocycles. The molecule has 0 aliphatic rings. The van der Waals surface area contributed by atoms with Crippen LogP contribution in [0.3, 0.4) is 0 Å². The highest BCUT2D eigenvalue weighted by molar-refractivity contribution is 6.03. The number of aromatic hydroxyl groups is 1. The van der Waals surface area contributed by atoms with Gasteiger partial charge in [-0.25, -0.2) is 4.39 Å². The van der Waals surface area contributed by atoms with Crippen molar-refractivity contribution >= 4 is 11.7 Å². The van der Waals surface area contributed by atoms with Crippen molar-refractivity contribution < 1.29 is 19.4 Å². The van der Waals surface area contributed by atoms with Gasteiger partial charge in [0.2, 0.25) is 0 Å². The first-order valence-electron chi connectivity index (χ1n) is 5.89. The van der Waals surface area contributed by atoms with Crippen LogP contribution in [0.25, 0.3) is 5.76 Å². The summed E-state index contributed by atoms with van der Waals surface area (Å²) < 4.78 is 13.5. The summed E-state index contributed by atoms with van der Waals surface area (Å²) in [5.74, 6) is -3.48. The molecule has 7 heteroatoms. The Balaban J connectivity index is 3.48. The number of carbonyl (C=O) groups excluding carboxylic acids is 1. The number of amides is 1. The van der Waals surface area contributed by atoms with Crippen LogP contribution >= 0.6 is 0 Å². The number of hydrogen-bond acceptors (Lipinski definition) is 5. The van der Waals surface area contributed by atoms with Gasteiger partial charge in [0.1, 0.15) is 17.9 Å². The van der Waals surface area contributed by atoms with Gasteiger partial charge in [-0.2, -0.15) is 10.5 Å². The molecule has 0 heterocycles. The van der Waals surface area contributed by atoms with Crippen molar-refractivity contribution in [1.29, 1.82) is 10.5 Å². The van der Waals surface area contributed by atoms with Crippen molar-refractivity contribution in [2.45, 2.75) is 6.92 Å². The Hall–Kier alpha value is -3.06. The first-order chi connectivity index (χ1) is 9.87. The highest BCUT2D eigenvalue weighted by Crippen LogP contribution is 2.26. The summed E-state index contributed by atoms with van der Waals surface area (Å²) in [6.45, 7) is 1.99. The third-order valence-electron chi connectivity index (χ3n) is 2.84. The number of aliphatic hydroxyl groups is 1. The molecule has 108 valence electrons. The molecule has 0 fully saturated rings. The Morgan fingerprint density at radius 1 is 1.43 bits per heavy atom. The lowest BCUT2D eigenvalue weighted by molar-refractivity contribution is -0.125. The first kappa shape index (κ1) is 16.0. The van der Waals surface area contributed by atoms with E-state index >= 15 is 0 Å². The van der Waals surface area contributed by atoms with E-state index in [1.54, 1.807) is 19.1 Å². The summed E-state index contributed by atoms with van der Waals surface area (Å²) in [5.41, 5.74) is -1.23. The van der Waals surface area contributed by atoms with Crippen LogP contribution in [-0.4, -0.2) is 34.6 Å². The SMILES string of the molecule is CCN(C)C(=O)/C(C#N)=C(\O)c1cc(F)c(O)c(C#N)c1. The van der Waals surface area contributed by atoms with Gasteiger partial charge in [0.25, 0.3) is 5.91 Å². The van der Waals surface area contributed by atoms with Crippen LogP contribution in [-0.2, 0) is 4.79 Å². The van der Waals surface area contributed by atoms with Gasteiger partial charge in [-0.15, -0.1) is 0 Å². The fraction of sp³-hybridized carbons (Fsp3) is 0.214. The molecule has 0 unspecified atom stereocenters. The van der Waals surface area contributed by atoms with Crippen LogP contribution in [0.1, 0.15) is 18.1 Å². The molecule has 1 amide bonds. The van der Waals surface area contributed by atoms with Crippen LogP contribution in [0.5, 0.6) is 5.75 Å². The standard InChI is InChI=1S/C14H12FN3O3/c1-3-18(2)14(21)10(7-17)12(19)8-4-9(6-16)13(20)11(15)5-8/h4-5,19-20H,3H2,1-2H3/b12-10-. The van der Waals surface area contributed by atoms with E-state index in [2.05, 4.69) is 0 Å². The molecular formula is C14H12FN3O3.